The van der Waals surface area contributed by atoms with Crippen LogP contribution in [0.15, 0.2) is 83.8 Å². The minimum atomic E-state index is -4.09. The van der Waals surface area contributed by atoms with Crippen LogP contribution in [0.4, 0.5) is 10.1 Å². The van der Waals surface area contributed by atoms with Crippen LogP contribution in [0, 0.1) is 12.7 Å². The lowest BCUT2D eigenvalue weighted by Crippen LogP contribution is -2.53. The smallest absolute Gasteiger partial charge is 0.252 e. The molecule has 0 spiro atoms. The molecule has 3 aromatic rings. The number of carbonyl (C=O) groups is 2. The van der Waals surface area contributed by atoms with Gasteiger partial charge in [-0.3, -0.25) is 14.5 Å². The third-order valence-electron chi connectivity index (χ3n) is 7.28. The molecule has 0 radical (unpaired) electrons. The summed E-state index contributed by atoms with van der Waals surface area (Å²) in [6.45, 7) is 3.96. The average Bonchev–Trinajstić information content (AvgIpc) is 3.19. The zero-order valence-corrected chi connectivity index (χ0v) is 22.0. The lowest BCUT2D eigenvalue weighted by molar-refractivity contribution is -0.122. The van der Waals surface area contributed by atoms with Gasteiger partial charge in [0.2, 0.25) is 15.9 Å². The maximum absolute atomic E-state index is 14.0. The molecular formula is C29H30FN3O4S. The van der Waals surface area contributed by atoms with Gasteiger partial charge in [-0.05, 0) is 61.7 Å². The van der Waals surface area contributed by atoms with Gasteiger partial charge in [0.1, 0.15) is 11.9 Å². The summed E-state index contributed by atoms with van der Waals surface area (Å²) in [4.78, 5) is 30.0. The van der Waals surface area contributed by atoms with Gasteiger partial charge in [-0.25, -0.2) is 17.7 Å². The van der Waals surface area contributed by atoms with Gasteiger partial charge in [0.25, 0.3) is 5.91 Å². The van der Waals surface area contributed by atoms with Crippen molar-refractivity contribution < 1.29 is 22.4 Å². The van der Waals surface area contributed by atoms with Gasteiger partial charge in [-0.1, -0.05) is 48.0 Å². The molecule has 2 aliphatic rings. The quantitative estimate of drug-likeness (QED) is 0.426. The van der Waals surface area contributed by atoms with Gasteiger partial charge in [-0.2, -0.15) is 4.31 Å². The number of hydrogen-bond acceptors (Lipinski definition) is 5. The number of sulfonamides is 1. The molecule has 0 aromatic heterocycles. The first-order valence-corrected chi connectivity index (χ1v) is 14.2. The highest BCUT2D eigenvalue weighted by atomic mass is 32.2. The first kappa shape index (κ1) is 26.2. The highest BCUT2D eigenvalue weighted by Gasteiger charge is 2.49. The third-order valence-corrected chi connectivity index (χ3v) is 9.25. The van der Waals surface area contributed by atoms with Crippen molar-refractivity contribution in [3.63, 3.8) is 0 Å². The first-order valence-electron chi connectivity index (χ1n) is 12.7. The number of piperidine rings is 1. The lowest BCUT2D eigenvalue weighted by atomic mass is 10.0. The van der Waals surface area contributed by atoms with Crippen LogP contribution >= 0.6 is 0 Å². The van der Waals surface area contributed by atoms with E-state index in [2.05, 4.69) is 17.0 Å². The first-order chi connectivity index (χ1) is 18.2. The Balaban J connectivity index is 1.43. The van der Waals surface area contributed by atoms with Crippen molar-refractivity contribution in [2.45, 2.75) is 49.7 Å². The van der Waals surface area contributed by atoms with E-state index >= 15 is 0 Å². The Morgan fingerprint density at radius 2 is 1.53 bits per heavy atom. The maximum Gasteiger partial charge on any atom is 0.252 e. The second-order valence-corrected chi connectivity index (χ2v) is 11.7. The van der Waals surface area contributed by atoms with Crippen LogP contribution in [-0.2, 0) is 26.2 Å². The Hall–Kier alpha value is -3.40. The van der Waals surface area contributed by atoms with Crippen molar-refractivity contribution in [2.75, 3.05) is 18.0 Å². The minimum Gasteiger partial charge on any atom is -0.299 e. The number of rotatable bonds is 7. The Morgan fingerprint density at radius 3 is 2.16 bits per heavy atom. The highest BCUT2D eigenvalue weighted by molar-refractivity contribution is 7.89. The second kappa shape index (κ2) is 10.8. The van der Waals surface area contributed by atoms with Gasteiger partial charge in [0.05, 0.1) is 17.0 Å². The van der Waals surface area contributed by atoms with Crippen LogP contribution in [0.25, 0.3) is 0 Å². The van der Waals surface area contributed by atoms with Crippen molar-refractivity contribution in [3.05, 3.63) is 95.8 Å². The molecule has 2 amide bonds. The van der Waals surface area contributed by atoms with E-state index in [1.54, 1.807) is 24.3 Å². The molecule has 9 heteroatoms. The summed E-state index contributed by atoms with van der Waals surface area (Å²) in [6, 6.07) is 20.1. The molecule has 38 heavy (non-hydrogen) atoms. The van der Waals surface area contributed by atoms with Crippen LogP contribution in [0.3, 0.4) is 0 Å². The van der Waals surface area contributed by atoms with Gasteiger partial charge < -0.3 is 0 Å². The zero-order chi connectivity index (χ0) is 26.9. The number of hydrogen-bond donors (Lipinski definition) is 0. The molecule has 2 heterocycles. The monoisotopic (exact) mass is 535 g/mol. The molecule has 1 atom stereocenters. The summed E-state index contributed by atoms with van der Waals surface area (Å²) in [5, 5.41) is 0. The van der Waals surface area contributed by atoms with E-state index in [0.717, 1.165) is 17.0 Å². The van der Waals surface area contributed by atoms with E-state index < -0.39 is 39.7 Å². The Morgan fingerprint density at radius 1 is 0.895 bits per heavy atom. The normalized spacial score (nSPS) is 19.4. The molecule has 1 unspecified atom stereocenters. The summed E-state index contributed by atoms with van der Waals surface area (Å²) in [6.07, 6.45) is 0.810. The predicted octanol–water partition coefficient (Wildman–Crippen LogP) is 4.12. The molecule has 5 rings (SSSR count). The van der Waals surface area contributed by atoms with Crippen molar-refractivity contribution in [1.82, 2.24) is 9.21 Å². The number of nitrogens with zero attached hydrogens (tertiary/aromatic N) is 3. The fourth-order valence-electron chi connectivity index (χ4n) is 5.30. The van der Waals surface area contributed by atoms with E-state index in [-0.39, 0.29) is 17.0 Å². The molecule has 2 aliphatic heterocycles. The molecule has 0 bridgehead atoms. The van der Waals surface area contributed by atoms with Crippen LogP contribution in [0.1, 0.15) is 30.4 Å². The second-order valence-electron chi connectivity index (χ2n) is 9.90. The largest absolute Gasteiger partial charge is 0.299 e. The molecule has 0 saturated carbocycles. The van der Waals surface area contributed by atoms with Crippen LogP contribution in [0.5, 0.6) is 0 Å². The van der Waals surface area contributed by atoms with E-state index in [9.17, 15) is 22.4 Å². The fourth-order valence-corrected chi connectivity index (χ4v) is 7.13. The summed E-state index contributed by atoms with van der Waals surface area (Å²) in [5.41, 5.74) is 2.33. The SMILES string of the molecule is Cc1ccc(S(=O)(=O)N(C2CCN(Cc3ccccc3)CC2)C2CC(=O)N(c3ccc(F)cc3)C2=O)cc1. The number of likely N-dealkylation sites (tertiary alicyclic amines) is 1. The summed E-state index contributed by atoms with van der Waals surface area (Å²) in [5.74, 6) is -1.60. The van der Waals surface area contributed by atoms with Crippen LogP contribution in [0.2, 0.25) is 0 Å². The average molecular weight is 536 g/mol. The predicted molar refractivity (Wildman–Crippen MR) is 142 cm³/mol. The van der Waals surface area contributed by atoms with Crippen LogP contribution < -0.4 is 4.90 Å². The Bertz CT molecular complexity index is 1400. The molecule has 198 valence electrons. The third kappa shape index (κ3) is 5.27. The standard InChI is InChI=1S/C29H30FN3O4S/c1-21-7-13-26(14-8-21)38(36,37)33(25-15-17-31(18-16-25)20-22-5-3-2-4-6-22)27-19-28(34)32(29(27)35)24-11-9-23(30)10-12-24/h2-14,25,27H,15-20H2,1H3. The lowest BCUT2D eigenvalue weighted by Gasteiger charge is -2.39. The number of carbonyl (C=O) groups excluding carboxylic acids is 2. The van der Waals surface area contributed by atoms with E-state index in [1.165, 1.54) is 34.1 Å². The van der Waals surface area contributed by atoms with Crippen molar-refractivity contribution in [3.8, 4) is 0 Å². The molecule has 2 fully saturated rings. The molecule has 2 saturated heterocycles. The molecule has 3 aromatic carbocycles. The topological polar surface area (TPSA) is 78.0 Å². The summed E-state index contributed by atoms with van der Waals surface area (Å²) < 4.78 is 42.8. The number of amides is 2. The zero-order valence-electron chi connectivity index (χ0n) is 21.2. The highest BCUT2D eigenvalue weighted by Crippen LogP contribution is 2.34. The number of benzene rings is 3. The number of imide groups is 1. The van der Waals surface area contributed by atoms with Crippen LogP contribution in [-0.4, -0.2) is 54.6 Å². The summed E-state index contributed by atoms with van der Waals surface area (Å²) in [7, 11) is -4.09. The van der Waals surface area contributed by atoms with Crippen molar-refractivity contribution in [1.29, 1.82) is 0 Å². The number of anilines is 1. The number of halogens is 1. The van der Waals surface area contributed by atoms with Gasteiger partial charge in [0, 0.05) is 25.7 Å². The minimum absolute atomic E-state index is 0.0929. The maximum atomic E-state index is 14.0. The van der Waals surface area contributed by atoms with E-state index in [1.807, 2.05) is 25.1 Å². The van der Waals surface area contributed by atoms with Crippen molar-refractivity contribution in [2.24, 2.45) is 0 Å². The summed E-state index contributed by atoms with van der Waals surface area (Å²) >= 11 is 0. The van der Waals surface area contributed by atoms with E-state index in [4.69, 9.17) is 0 Å². The Kier molecular flexibility index (Phi) is 7.43. The molecule has 7 nitrogen and oxygen atoms in total. The van der Waals surface area contributed by atoms with Gasteiger partial charge in [-0.15, -0.1) is 0 Å². The molecule has 0 aliphatic carbocycles. The molecular weight excluding hydrogens is 505 g/mol. The number of aryl methyl sites for hydroxylation is 1. The Labute approximate surface area is 222 Å². The van der Waals surface area contributed by atoms with Gasteiger partial charge >= 0.3 is 0 Å². The fraction of sp³-hybridized carbons (Fsp3) is 0.310. The van der Waals surface area contributed by atoms with Gasteiger partial charge in [0.15, 0.2) is 0 Å². The molecule has 0 N–H and O–H groups in total. The van der Waals surface area contributed by atoms with E-state index in [0.29, 0.717) is 25.9 Å². The van der Waals surface area contributed by atoms with Crippen molar-refractivity contribution >= 4 is 27.5 Å².